The van der Waals surface area contributed by atoms with Gasteiger partial charge in [-0.2, -0.15) is 5.10 Å². The van der Waals surface area contributed by atoms with Crippen molar-refractivity contribution in [2.45, 2.75) is 32.6 Å². The van der Waals surface area contributed by atoms with Crippen molar-refractivity contribution in [3.8, 4) is 0 Å². The van der Waals surface area contributed by atoms with E-state index in [2.05, 4.69) is 10.5 Å². The van der Waals surface area contributed by atoms with Gasteiger partial charge in [0, 0.05) is 4.88 Å². The molecule has 0 spiro atoms. The first kappa shape index (κ1) is 14.0. The zero-order valence-electron chi connectivity index (χ0n) is 12.1. The quantitative estimate of drug-likeness (QED) is 0.677. The summed E-state index contributed by atoms with van der Waals surface area (Å²) in [6.07, 6.45) is 4.22. The first-order valence-electron chi connectivity index (χ1n) is 7.32. The Morgan fingerprint density at radius 1 is 1.29 bits per heavy atom. The lowest BCUT2D eigenvalue weighted by Crippen LogP contribution is -2.19. The molecule has 2 aromatic rings. The van der Waals surface area contributed by atoms with Crippen LogP contribution in [0.1, 0.15) is 45.4 Å². The van der Waals surface area contributed by atoms with Crippen LogP contribution in [0.4, 0.5) is 0 Å². The second kappa shape index (κ2) is 6.22. The summed E-state index contributed by atoms with van der Waals surface area (Å²) in [5.41, 5.74) is 5.98. The van der Waals surface area contributed by atoms with Gasteiger partial charge < -0.3 is 0 Å². The van der Waals surface area contributed by atoms with Crippen molar-refractivity contribution in [2.75, 3.05) is 0 Å². The summed E-state index contributed by atoms with van der Waals surface area (Å²) < 4.78 is 0. The minimum atomic E-state index is -0.101. The van der Waals surface area contributed by atoms with Gasteiger partial charge in [-0.25, -0.2) is 5.43 Å². The smallest absolute Gasteiger partial charge is 0.266 e. The molecule has 1 amide bonds. The molecule has 1 heterocycles. The first-order valence-corrected chi connectivity index (χ1v) is 8.13. The van der Waals surface area contributed by atoms with Crippen LogP contribution < -0.4 is 5.43 Å². The Labute approximate surface area is 128 Å². The van der Waals surface area contributed by atoms with Gasteiger partial charge in [-0.05, 0) is 42.9 Å². The molecular formula is C17H18N2OS. The van der Waals surface area contributed by atoms with Crippen molar-refractivity contribution in [3.63, 3.8) is 0 Å². The number of nitrogens with zero attached hydrogens (tertiary/aromatic N) is 1. The average Bonchev–Trinajstić information content (AvgIpc) is 3.10. The highest BCUT2D eigenvalue weighted by molar-refractivity contribution is 7.14. The van der Waals surface area contributed by atoms with Crippen molar-refractivity contribution in [3.05, 3.63) is 57.3 Å². The summed E-state index contributed by atoms with van der Waals surface area (Å²) in [4.78, 5) is 14.3. The highest BCUT2D eigenvalue weighted by atomic mass is 32.1. The zero-order valence-corrected chi connectivity index (χ0v) is 12.9. The van der Waals surface area contributed by atoms with Gasteiger partial charge in [0.2, 0.25) is 0 Å². The van der Waals surface area contributed by atoms with Crippen LogP contribution in [0.5, 0.6) is 0 Å². The molecule has 0 radical (unpaired) electrons. The second-order valence-corrected chi connectivity index (χ2v) is 6.27. The van der Waals surface area contributed by atoms with Gasteiger partial charge in [0.15, 0.2) is 0 Å². The third-order valence-corrected chi connectivity index (χ3v) is 4.94. The third-order valence-electron chi connectivity index (χ3n) is 3.70. The lowest BCUT2D eigenvalue weighted by Gasteiger charge is -2.04. The molecule has 1 aliphatic rings. The molecule has 0 fully saturated rings. The van der Waals surface area contributed by atoms with Crippen LogP contribution in [0.25, 0.3) is 0 Å². The highest BCUT2D eigenvalue weighted by Crippen LogP contribution is 2.30. The van der Waals surface area contributed by atoms with E-state index in [-0.39, 0.29) is 5.91 Å². The lowest BCUT2D eigenvalue weighted by atomic mass is 10.1. The van der Waals surface area contributed by atoms with Crippen molar-refractivity contribution >= 4 is 23.0 Å². The molecule has 0 bridgehead atoms. The van der Waals surface area contributed by atoms with Gasteiger partial charge in [-0.1, -0.05) is 37.3 Å². The molecule has 0 unspecified atom stereocenters. The number of hydrogen-bond acceptors (Lipinski definition) is 3. The molecule has 1 aromatic carbocycles. The fourth-order valence-corrected chi connectivity index (χ4v) is 3.74. The number of carbonyl (C=O) groups excluding carboxylic acids is 1. The van der Waals surface area contributed by atoms with Crippen LogP contribution in [0.3, 0.4) is 0 Å². The number of rotatable bonds is 4. The van der Waals surface area contributed by atoms with E-state index in [0.717, 1.165) is 35.4 Å². The zero-order chi connectivity index (χ0) is 14.7. The number of hydrogen-bond donors (Lipinski definition) is 1. The molecule has 0 saturated carbocycles. The molecule has 4 heteroatoms. The molecule has 108 valence electrons. The van der Waals surface area contributed by atoms with E-state index in [1.54, 1.807) is 11.3 Å². The summed E-state index contributed by atoms with van der Waals surface area (Å²) in [5.74, 6) is -0.101. The van der Waals surface area contributed by atoms with Crippen molar-refractivity contribution < 1.29 is 4.79 Å². The SMILES string of the molecule is CC/C(=N/NC(=O)c1cc2c(s1)CCC2)c1ccccc1. The monoisotopic (exact) mass is 298 g/mol. The van der Waals surface area contributed by atoms with Gasteiger partial charge >= 0.3 is 0 Å². The Hall–Kier alpha value is -1.94. The molecule has 1 aliphatic carbocycles. The molecule has 0 aliphatic heterocycles. The van der Waals surface area contributed by atoms with E-state index in [1.165, 1.54) is 16.9 Å². The number of aryl methyl sites for hydroxylation is 2. The molecule has 3 nitrogen and oxygen atoms in total. The Kier molecular flexibility index (Phi) is 4.15. The lowest BCUT2D eigenvalue weighted by molar-refractivity contribution is 0.0959. The standard InChI is InChI=1S/C17H18N2OS/c1-2-14(12-7-4-3-5-8-12)18-19-17(20)16-11-13-9-6-10-15(13)21-16/h3-5,7-8,11H,2,6,9-10H2,1H3,(H,19,20)/b18-14-. The number of hydrazone groups is 1. The maximum Gasteiger partial charge on any atom is 0.281 e. The maximum absolute atomic E-state index is 12.2. The summed E-state index contributed by atoms with van der Waals surface area (Å²) in [7, 11) is 0. The second-order valence-electron chi connectivity index (χ2n) is 5.13. The normalized spacial score (nSPS) is 14.0. The van der Waals surface area contributed by atoms with Gasteiger partial charge in [-0.15, -0.1) is 11.3 Å². The fraction of sp³-hybridized carbons (Fsp3) is 0.294. The van der Waals surface area contributed by atoms with Gasteiger partial charge in [0.25, 0.3) is 5.91 Å². The van der Waals surface area contributed by atoms with Crippen LogP contribution in [0, 0.1) is 0 Å². The van der Waals surface area contributed by atoms with E-state index in [1.807, 2.05) is 43.3 Å². The number of carbonyl (C=O) groups is 1. The van der Waals surface area contributed by atoms with E-state index < -0.39 is 0 Å². The van der Waals surface area contributed by atoms with E-state index in [4.69, 9.17) is 0 Å². The number of fused-ring (bicyclic) bond motifs is 1. The van der Waals surface area contributed by atoms with E-state index in [0.29, 0.717) is 0 Å². The number of benzene rings is 1. The Balaban J connectivity index is 1.73. The minimum absolute atomic E-state index is 0.101. The van der Waals surface area contributed by atoms with Crippen LogP contribution in [-0.4, -0.2) is 11.6 Å². The molecule has 0 saturated heterocycles. The van der Waals surface area contributed by atoms with E-state index >= 15 is 0 Å². The third kappa shape index (κ3) is 3.05. The van der Waals surface area contributed by atoms with Gasteiger partial charge in [-0.3, -0.25) is 4.79 Å². The van der Waals surface area contributed by atoms with Gasteiger partial charge in [0.1, 0.15) is 0 Å². The largest absolute Gasteiger partial charge is 0.281 e. The number of nitrogens with one attached hydrogen (secondary N) is 1. The highest BCUT2D eigenvalue weighted by Gasteiger charge is 2.18. The average molecular weight is 298 g/mol. The molecule has 3 rings (SSSR count). The summed E-state index contributed by atoms with van der Waals surface area (Å²) in [6, 6.07) is 12.0. The van der Waals surface area contributed by atoms with Crippen molar-refractivity contribution in [1.29, 1.82) is 0 Å². The van der Waals surface area contributed by atoms with Crippen LogP contribution >= 0.6 is 11.3 Å². The summed E-state index contributed by atoms with van der Waals surface area (Å²) >= 11 is 1.60. The molecule has 21 heavy (non-hydrogen) atoms. The molecule has 1 aromatic heterocycles. The first-order chi connectivity index (χ1) is 10.3. The van der Waals surface area contributed by atoms with Crippen molar-refractivity contribution in [1.82, 2.24) is 5.43 Å². The predicted molar refractivity (Wildman–Crippen MR) is 87.1 cm³/mol. The summed E-state index contributed by atoms with van der Waals surface area (Å²) in [5, 5.41) is 4.30. The minimum Gasteiger partial charge on any atom is -0.266 e. The maximum atomic E-state index is 12.2. The van der Waals surface area contributed by atoms with Crippen molar-refractivity contribution in [2.24, 2.45) is 5.10 Å². The Morgan fingerprint density at radius 3 is 2.81 bits per heavy atom. The Morgan fingerprint density at radius 2 is 2.10 bits per heavy atom. The van der Waals surface area contributed by atoms with Crippen LogP contribution in [0.15, 0.2) is 41.5 Å². The summed E-state index contributed by atoms with van der Waals surface area (Å²) in [6.45, 7) is 2.04. The van der Waals surface area contributed by atoms with E-state index in [9.17, 15) is 4.79 Å². The molecule has 1 N–H and O–H groups in total. The topological polar surface area (TPSA) is 41.5 Å². The van der Waals surface area contributed by atoms with Crippen LogP contribution in [0.2, 0.25) is 0 Å². The number of amides is 1. The molecular weight excluding hydrogens is 280 g/mol. The van der Waals surface area contributed by atoms with Crippen LogP contribution in [-0.2, 0) is 12.8 Å². The predicted octanol–water partition coefficient (Wildman–Crippen LogP) is 3.78. The van der Waals surface area contributed by atoms with Gasteiger partial charge in [0.05, 0.1) is 10.6 Å². The molecule has 0 atom stereocenters. The fourth-order valence-electron chi connectivity index (χ4n) is 2.59. The number of thiophene rings is 1. The Bertz CT molecular complexity index is 652.